The van der Waals surface area contributed by atoms with Crippen LogP contribution in [0.15, 0.2) is 114 Å². The Kier molecular flexibility index (Phi) is 7.14. The van der Waals surface area contributed by atoms with E-state index < -0.39 is 39.7 Å². The van der Waals surface area contributed by atoms with Crippen molar-refractivity contribution in [1.82, 2.24) is 9.21 Å². The molecular weight excluding hydrogens is 572 g/mol. The van der Waals surface area contributed by atoms with E-state index in [1.54, 1.807) is 30.3 Å². The number of carbonyl (C=O) groups is 2. The number of likely N-dealkylation sites (tertiary alicyclic amines) is 1. The van der Waals surface area contributed by atoms with Crippen molar-refractivity contribution >= 4 is 21.9 Å². The summed E-state index contributed by atoms with van der Waals surface area (Å²) in [6.07, 6.45) is 1.13. The topological polar surface area (TPSA) is 84.0 Å². The summed E-state index contributed by atoms with van der Waals surface area (Å²) in [5.74, 6) is -0.586. The third-order valence-electron chi connectivity index (χ3n) is 9.40. The van der Waals surface area contributed by atoms with E-state index in [9.17, 15) is 18.0 Å². The van der Waals surface area contributed by atoms with Gasteiger partial charge in [-0.05, 0) is 66.1 Å². The van der Waals surface area contributed by atoms with Gasteiger partial charge in [0, 0.05) is 13.0 Å². The Morgan fingerprint density at radius 2 is 1.39 bits per heavy atom. The summed E-state index contributed by atoms with van der Waals surface area (Å²) in [6.45, 7) is 2.08. The molecule has 7 rings (SSSR count). The van der Waals surface area contributed by atoms with E-state index in [2.05, 4.69) is 36.4 Å². The first-order chi connectivity index (χ1) is 21.3. The number of esters is 1. The van der Waals surface area contributed by atoms with Gasteiger partial charge in [-0.2, -0.15) is 4.31 Å². The Morgan fingerprint density at radius 1 is 0.818 bits per heavy atom. The summed E-state index contributed by atoms with van der Waals surface area (Å²) in [5, 5.41) is 0. The molecule has 3 atom stereocenters. The van der Waals surface area contributed by atoms with Gasteiger partial charge in [0.2, 0.25) is 15.9 Å². The second-order valence-corrected chi connectivity index (χ2v) is 13.7. The summed E-state index contributed by atoms with van der Waals surface area (Å²) in [4.78, 5) is 29.9. The minimum Gasteiger partial charge on any atom is -0.459 e. The number of nitrogens with zero attached hydrogens (tertiary/aromatic N) is 2. The number of carbonyl (C=O) groups excluding carboxylic acids is 2. The quantitative estimate of drug-likeness (QED) is 0.251. The van der Waals surface area contributed by atoms with Crippen molar-refractivity contribution in [1.29, 1.82) is 0 Å². The predicted octanol–water partition coefficient (Wildman–Crippen LogP) is 5.73. The Labute approximate surface area is 258 Å². The Bertz CT molecular complexity index is 1780. The molecule has 4 aromatic rings. The summed E-state index contributed by atoms with van der Waals surface area (Å²) in [7, 11) is -3.87. The van der Waals surface area contributed by atoms with Gasteiger partial charge in [-0.15, -0.1) is 0 Å². The molecule has 0 unspecified atom stereocenters. The maximum absolute atomic E-state index is 14.1. The lowest BCUT2D eigenvalue weighted by Gasteiger charge is -2.46. The van der Waals surface area contributed by atoms with Crippen molar-refractivity contribution in [3.63, 3.8) is 0 Å². The zero-order chi connectivity index (χ0) is 30.5. The number of benzene rings is 4. The van der Waals surface area contributed by atoms with Gasteiger partial charge in [0.25, 0.3) is 0 Å². The lowest BCUT2D eigenvalue weighted by Crippen LogP contribution is -2.55. The van der Waals surface area contributed by atoms with Crippen LogP contribution in [0.3, 0.4) is 0 Å². The van der Waals surface area contributed by atoms with Crippen LogP contribution in [-0.4, -0.2) is 54.2 Å². The molecule has 1 aliphatic carbocycles. The summed E-state index contributed by atoms with van der Waals surface area (Å²) in [5.41, 5.74) is 4.23. The highest BCUT2D eigenvalue weighted by Gasteiger charge is 2.56. The van der Waals surface area contributed by atoms with Crippen molar-refractivity contribution < 1.29 is 22.7 Å². The summed E-state index contributed by atoms with van der Waals surface area (Å²) in [6, 6.07) is 33.3. The van der Waals surface area contributed by atoms with Crippen LogP contribution >= 0.6 is 0 Å². The molecule has 2 heterocycles. The fraction of sp³-hybridized carbons (Fsp3) is 0.278. The summed E-state index contributed by atoms with van der Waals surface area (Å²) >= 11 is 0. The van der Waals surface area contributed by atoms with Crippen LogP contribution in [0, 0.1) is 0 Å². The largest absolute Gasteiger partial charge is 0.459 e. The molecule has 44 heavy (non-hydrogen) atoms. The van der Waals surface area contributed by atoms with Gasteiger partial charge in [-0.3, -0.25) is 9.59 Å². The van der Waals surface area contributed by atoms with Gasteiger partial charge >= 0.3 is 5.97 Å². The number of rotatable bonds is 7. The van der Waals surface area contributed by atoms with Gasteiger partial charge in [0.15, 0.2) is 0 Å². The minimum atomic E-state index is -3.87. The predicted molar refractivity (Wildman–Crippen MR) is 167 cm³/mol. The second kappa shape index (κ2) is 11.0. The van der Waals surface area contributed by atoms with Crippen molar-refractivity contribution in [2.45, 2.75) is 61.2 Å². The monoisotopic (exact) mass is 606 g/mol. The molecule has 2 saturated heterocycles. The Balaban J connectivity index is 1.26. The first kappa shape index (κ1) is 28.5. The van der Waals surface area contributed by atoms with E-state index in [-0.39, 0.29) is 17.3 Å². The van der Waals surface area contributed by atoms with E-state index in [1.165, 1.54) is 4.31 Å². The van der Waals surface area contributed by atoms with Crippen molar-refractivity contribution in [3.05, 3.63) is 126 Å². The first-order valence-electron chi connectivity index (χ1n) is 15.2. The van der Waals surface area contributed by atoms with Crippen molar-refractivity contribution in [3.8, 4) is 11.1 Å². The molecule has 0 radical (unpaired) electrons. The Morgan fingerprint density at radius 3 is 2.02 bits per heavy atom. The molecule has 2 aliphatic heterocycles. The van der Waals surface area contributed by atoms with Crippen LogP contribution in [0.2, 0.25) is 0 Å². The van der Waals surface area contributed by atoms with E-state index in [0.29, 0.717) is 25.7 Å². The number of fused-ring (bicyclic) bond motifs is 3. The van der Waals surface area contributed by atoms with E-state index in [1.807, 2.05) is 54.3 Å². The number of hydrogen-bond donors (Lipinski definition) is 0. The van der Waals surface area contributed by atoms with Crippen LogP contribution in [0.25, 0.3) is 11.1 Å². The van der Waals surface area contributed by atoms with Gasteiger partial charge in [-0.25, -0.2) is 8.42 Å². The number of sulfonamides is 1. The standard InChI is InChI=1S/C36H34N2O5S/c1-25(43-35(40)33-21-12-24-37(33)44(41,42)27-15-6-3-7-16-27)32-22-23-34(39)38(32)36(26-13-4-2-5-14-26)30-19-10-8-17-28(30)29-18-9-11-20-31(29)36/h2-11,13-20,25,32-33H,12,21-24H2,1H3/t25-,32-,33-/m0/s1. The van der Waals surface area contributed by atoms with E-state index in [4.69, 9.17) is 4.74 Å². The average molecular weight is 607 g/mol. The molecule has 7 nitrogen and oxygen atoms in total. The highest BCUT2D eigenvalue weighted by molar-refractivity contribution is 7.89. The smallest absolute Gasteiger partial charge is 0.324 e. The van der Waals surface area contributed by atoms with Gasteiger partial charge in [-0.1, -0.05) is 97.1 Å². The van der Waals surface area contributed by atoms with Gasteiger partial charge in [0.1, 0.15) is 17.7 Å². The van der Waals surface area contributed by atoms with E-state index >= 15 is 0 Å². The molecule has 4 aromatic carbocycles. The molecule has 0 spiro atoms. The minimum absolute atomic E-state index is 0.0117. The van der Waals surface area contributed by atoms with Crippen LogP contribution in [0.1, 0.15) is 49.3 Å². The highest BCUT2D eigenvalue weighted by atomic mass is 32.2. The van der Waals surface area contributed by atoms with Crippen molar-refractivity contribution in [2.75, 3.05) is 6.54 Å². The zero-order valence-electron chi connectivity index (χ0n) is 24.5. The third kappa shape index (κ3) is 4.31. The molecule has 0 aromatic heterocycles. The highest BCUT2D eigenvalue weighted by Crippen LogP contribution is 2.56. The molecule has 0 saturated carbocycles. The van der Waals surface area contributed by atoms with Crippen molar-refractivity contribution in [2.24, 2.45) is 0 Å². The first-order valence-corrected chi connectivity index (χ1v) is 16.6. The lowest BCUT2D eigenvalue weighted by molar-refractivity contribution is -0.157. The van der Waals surface area contributed by atoms with Crippen LogP contribution in [0.4, 0.5) is 0 Å². The van der Waals surface area contributed by atoms with E-state index in [0.717, 1.165) is 27.8 Å². The molecule has 2 fully saturated rings. The second-order valence-electron chi connectivity index (χ2n) is 11.8. The molecule has 224 valence electrons. The van der Waals surface area contributed by atoms with Crippen LogP contribution in [-0.2, 0) is 29.9 Å². The van der Waals surface area contributed by atoms with Crippen LogP contribution in [0.5, 0.6) is 0 Å². The molecule has 0 N–H and O–H groups in total. The van der Waals surface area contributed by atoms with Gasteiger partial charge in [0.05, 0.1) is 10.9 Å². The molecule has 3 aliphatic rings. The number of amides is 1. The molecule has 0 bridgehead atoms. The Hall–Kier alpha value is -4.27. The normalized spacial score (nSPS) is 21.6. The van der Waals surface area contributed by atoms with Gasteiger partial charge < -0.3 is 9.64 Å². The third-order valence-corrected chi connectivity index (χ3v) is 11.3. The maximum Gasteiger partial charge on any atom is 0.324 e. The summed E-state index contributed by atoms with van der Waals surface area (Å²) < 4.78 is 34.3. The SMILES string of the molecule is C[C@H](OC(=O)[C@@H]1CCCN1S(=O)(=O)c1ccccc1)[C@@H]1CCC(=O)N1C1(c2ccccc2)c2ccccc2-c2ccccc21. The molecular formula is C36H34N2O5S. The maximum atomic E-state index is 14.1. The molecule has 1 amide bonds. The fourth-order valence-electron chi connectivity index (χ4n) is 7.52. The fourth-order valence-corrected chi connectivity index (χ4v) is 9.19. The average Bonchev–Trinajstić information content (AvgIpc) is 3.78. The number of hydrogen-bond acceptors (Lipinski definition) is 5. The number of ether oxygens (including phenoxy) is 1. The lowest BCUT2D eigenvalue weighted by atomic mass is 9.78. The zero-order valence-corrected chi connectivity index (χ0v) is 25.3. The van der Waals surface area contributed by atoms with Crippen LogP contribution < -0.4 is 0 Å². The molecule has 8 heteroatoms.